The summed E-state index contributed by atoms with van der Waals surface area (Å²) in [6.45, 7) is 4.42. The lowest BCUT2D eigenvalue weighted by Crippen LogP contribution is -2.22. The fourth-order valence-corrected chi connectivity index (χ4v) is 2.01. The van der Waals surface area contributed by atoms with Crippen molar-refractivity contribution in [1.82, 2.24) is 0 Å². The van der Waals surface area contributed by atoms with Crippen LogP contribution in [0.2, 0.25) is 0 Å². The maximum atomic E-state index is 9.74. The molecule has 0 radical (unpaired) electrons. The van der Waals surface area contributed by atoms with E-state index in [1.807, 2.05) is 44.2 Å². The minimum absolute atomic E-state index is 0.630. The highest BCUT2D eigenvalue weighted by Gasteiger charge is 2.12. The number of rotatable bonds is 5. The van der Waals surface area contributed by atoms with Gasteiger partial charge in [0.1, 0.15) is 0 Å². The van der Waals surface area contributed by atoms with Crippen LogP contribution in [0.3, 0.4) is 0 Å². The minimum Gasteiger partial charge on any atom is -0.390 e. The summed E-state index contributed by atoms with van der Waals surface area (Å²) in [5.74, 6) is 0. The molecule has 0 saturated carbocycles. The first kappa shape index (κ1) is 13.6. The second-order valence-corrected chi connectivity index (χ2v) is 5.40. The van der Waals surface area contributed by atoms with Crippen molar-refractivity contribution in [1.29, 1.82) is 0 Å². The molecule has 0 bridgehead atoms. The van der Waals surface area contributed by atoms with Crippen LogP contribution in [0.5, 0.6) is 0 Å². The average Bonchev–Trinajstić information content (AvgIpc) is 2.39. The zero-order valence-corrected chi connectivity index (χ0v) is 11.6. The van der Waals surface area contributed by atoms with Crippen LogP contribution in [0.4, 0.5) is 5.69 Å². The molecule has 2 aromatic carbocycles. The molecule has 19 heavy (non-hydrogen) atoms. The molecule has 100 valence electrons. The Balaban J connectivity index is 2.14. The number of anilines is 1. The summed E-state index contributed by atoms with van der Waals surface area (Å²) in [6, 6.07) is 18.6. The smallest absolute Gasteiger partial charge is 0.0608 e. The van der Waals surface area contributed by atoms with Crippen molar-refractivity contribution in [2.24, 2.45) is 0 Å². The highest BCUT2D eigenvalue weighted by Crippen LogP contribution is 2.27. The van der Waals surface area contributed by atoms with E-state index in [0.29, 0.717) is 0 Å². The topological polar surface area (TPSA) is 32.3 Å². The third kappa shape index (κ3) is 4.11. The van der Waals surface area contributed by atoms with Crippen molar-refractivity contribution in [2.45, 2.75) is 25.9 Å². The Hall–Kier alpha value is -1.80. The molecule has 0 heterocycles. The first-order chi connectivity index (χ1) is 9.06. The van der Waals surface area contributed by atoms with Gasteiger partial charge in [0.05, 0.1) is 5.60 Å². The maximum Gasteiger partial charge on any atom is 0.0608 e. The number of para-hydroxylation sites is 1. The lowest BCUT2D eigenvalue weighted by atomic mass is 10.0. The Morgan fingerprint density at radius 1 is 0.947 bits per heavy atom. The van der Waals surface area contributed by atoms with E-state index in [4.69, 9.17) is 0 Å². The minimum atomic E-state index is -0.630. The molecule has 2 N–H and O–H groups in total. The predicted molar refractivity (Wildman–Crippen MR) is 81.3 cm³/mol. The van der Waals surface area contributed by atoms with Crippen molar-refractivity contribution < 1.29 is 5.11 Å². The molecule has 0 atom stereocenters. The second kappa shape index (κ2) is 5.89. The third-order valence-electron chi connectivity index (χ3n) is 3.06. The quantitative estimate of drug-likeness (QED) is 0.848. The van der Waals surface area contributed by atoms with Crippen molar-refractivity contribution in [3.63, 3.8) is 0 Å². The van der Waals surface area contributed by atoms with E-state index in [2.05, 4.69) is 29.6 Å². The molecular formula is C17H21NO. The van der Waals surface area contributed by atoms with Crippen LogP contribution in [-0.4, -0.2) is 17.3 Å². The molecule has 2 aromatic rings. The standard InChI is InChI=1S/C17H21NO/c1-17(2,19)12-13-18-16-11-7-6-10-15(16)14-8-4-3-5-9-14/h3-11,18-19H,12-13H2,1-2H3. The van der Waals surface area contributed by atoms with Gasteiger partial charge in [-0.25, -0.2) is 0 Å². The summed E-state index contributed by atoms with van der Waals surface area (Å²) < 4.78 is 0. The third-order valence-corrected chi connectivity index (χ3v) is 3.06. The van der Waals surface area contributed by atoms with Crippen molar-refractivity contribution in [3.8, 4) is 11.1 Å². The van der Waals surface area contributed by atoms with E-state index >= 15 is 0 Å². The van der Waals surface area contributed by atoms with Gasteiger partial charge in [0.15, 0.2) is 0 Å². The van der Waals surface area contributed by atoms with Crippen LogP contribution in [0, 0.1) is 0 Å². The number of hydrogen-bond donors (Lipinski definition) is 2. The van der Waals surface area contributed by atoms with E-state index in [1.54, 1.807) is 0 Å². The first-order valence-electron chi connectivity index (χ1n) is 6.67. The lowest BCUT2D eigenvalue weighted by molar-refractivity contribution is 0.0749. The molecule has 0 unspecified atom stereocenters. The molecule has 2 rings (SSSR count). The van der Waals surface area contributed by atoms with Gasteiger partial charge in [0.2, 0.25) is 0 Å². The summed E-state index contributed by atoms with van der Waals surface area (Å²) in [7, 11) is 0. The molecule has 0 saturated heterocycles. The fourth-order valence-electron chi connectivity index (χ4n) is 2.01. The SMILES string of the molecule is CC(C)(O)CCNc1ccccc1-c1ccccc1. The molecular weight excluding hydrogens is 234 g/mol. The molecule has 0 aliphatic rings. The van der Waals surface area contributed by atoms with Crippen LogP contribution < -0.4 is 5.32 Å². The zero-order chi connectivity index (χ0) is 13.7. The van der Waals surface area contributed by atoms with Gasteiger partial charge in [0.25, 0.3) is 0 Å². The number of aliphatic hydroxyl groups is 1. The van der Waals surface area contributed by atoms with Crippen LogP contribution in [0.25, 0.3) is 11.1 Å². The van der Waals surface area contributed by atoms with Crippen LogP contribution >= 0.6 is 0 Å². The van der Waals surface area contributed by atoms with Gasteiger partial charge < -0.3 is 10.4 Å². The van der Waals surface area contributed by atoms with Gasteiger partial charge in [-0.2, -0.15) is 0 Å². The molecule has 0 aliphatic heterocycles. The van der Waals surface area contributed by atoms with Crippen LogP contribution in [0.1, 0.15) is 20.3 Å². The van der Waals surface area contributed by atoms with Gasteiger partial charge >= 0.3 is 0 Å². The highest BCUT2D eigenvalue weighted by molar-refractivity contribution is 5.77. The summed E-state index contributed by atoms with van der Waals surface area (Å²) in [5, 5.41) is 13.2. The van der Waals surface area contributed by atoms with E-state index in [1.165, 1.54) is 11.1 Å². The first-order valence-corrected chi connectivity index (χ1v) is 6.67. The summed E-state index contributed by atoms with van der Waals surface area (Å²) in [6.07, 6.45) is 0.718. The van der Waals surface area contributed by atoms with Gasteiger partial charge in [-0.3, -0.25) is 0 Å². The summed E-state index contributed by atoms with van der Waals surface area (Å²) in [5.41, 5.74) is 2.87. The Bertz CT molecular complexity index is 514. The van der Waals surface area contributed by atoms with Crippen LogP contribution in [0.15, 0.2) is 54.6 Å². The lowest BCUT2D eigenvalue weighted by Gasteiger charge is -2.18. The van der Waals surface area contributed by atoms with Crippen molar-refractivity contribution >= 4 is 5.69 Å². The Labute approximate surface area is 115 Å². The van der Waals surface area contributed by atoms with E-state index < -0.39 is 5.60 Å². The second-order valence-electron chi connectivity index (χ2n) is 5.40. The summed E-state index contributed by atoms with van der Waals surface area (Å²) in [4.78, 5) is 0. The monoisotopic (exact) mass is 255 g/mol. The molecule has 2 nitrogen and oxygen atoms in total. The summed E-state index contributed by atoms with van der Waals surface area (Å²) >= 11 is 0. The molecule has 0 spiro atoms. The number of nitrogens with one attached hydrogen (secondary N) is 1. The maximum absolute atomic E-state index is 9.74. The average molecular weight is 255 g/mol. The largest absolute Gasteiger partial charge is 0.390 e. The Kier molecular flexibility index (Phi) is 4.23. The van der Waals surface area contributed by atoms with Crippen LogP contribution in [-0.2, 0) is 0 Å². The Morgan fingerprint density at radius 2 is 1.58 bits per heavy atom. The fraction of sp³-hybridized carbons (Fsp3) is 0.294. The van der Waals surface area contributed by atoms with Gasteiger partial charge in [0, 0.05) is 17.8 Å². The predicted octanol–water partition coefficient (Wildman–Crippen LogP) is 3.93. The van der Waals surface area contributed by atoms with Gasteiger partial charge in [-0.15, -0.1) is 0 Å². The van der Waals surface area contributed by atoms with Gasteiger partial charge in [-0.05, 0) is 31.9 Å². The molecule has 0 aromatic heterocycles. The van der Waals surface area contributed by atoms with Crippen molar-refractivity contribution in [3.05, 3.63) is 54.6 Å². The molecule has 0 amide bonds. The van der Waals surface area contributed by atoms with E-state index in [9.17, 15) is 5.11 Å². The van der Waals surface area contributed by atoms with E-state index in [-0.39, 0.29) is 0 Å². The number of benzene rings is 2. The van der Waals surface area contributed by atoms with Crippen molar-refractivity contribution in [2.75, 3.05) is 11.9 Å². The molecule has 0 aliphatic carbocycles. The zero-order valence-electron chi connectivity index (χ0n) is 11.6. The highest BCUT2D eigenvalue weighted by atomic mass is 16.3. The molecule has 2 heteroatoms. The van der Waals surface area contributed by atoms with E-state index in [0.717, 1.165) is 18.7 Å². The molecule has 0 fully saturated rings. The normalized spacial score (nSPS) is 11.3. The number of hydrogen-bond acceptors (Lipinski definition) is 2. The Morgan fingerprint density at radius 3 is 2.26 bits per heavy atom. The van der Waals surface area contributed by atoms with Gasteiger partial charge in [-0.1, -0.05) is 48.5 Å².